The van der Waals surface area contributed by atoms with Gasteiger partial charge in [0, 0.05) is 42.5 Å². The molecule has 2 saturated heterocycles. The van der Waals surface area contributed by atoms with Crippen molar-refractivity contribution in [2.75, 3.05) is 43.1 Å². The normalized spacial score (nSPS) is 23.9. The third-order valence-corrected chi connectivity index (χ3v) is 4.75. The second-order valence-corrected chi connectivity index (χ2v) is 5.91. The van der Waals surface area contributed by atoms with Crippen molar-refractivity contribution in [2.24, 2.45) is 5.92 Å². The summed E-state index contributed by atoms with van der Waals surface area (Å²) >= 11 is 0. The molecule has 2 fully saturated rings. The fraction of sp³-hybridized carbons (Fsp3) is 0.625. The van der Waals surface area contributed by atoms with Gasteiger partial charge in [0.1, 0.15) is 0 Å². The maximum Gasteiger partial charge on any atom is 0.160 e. The van der Waals surface area contributed by atoms with Crippen LogP contribution in [0.1, 0.15) is 18.4 Å². The van der Waals surface area contributed by atoms with Crippen molar-refractivity contribution in [3.63, 3.8) is 0 Å². The zero-order valence-electron chi connectivity index (χ0n) is 11.8. The van der Waals surface area contributed by atoms with E-state index in [0.717, 1.165) is 39.3 Å². The molecule has 3 heterocycles. The van der Waals surface area contributed by atoms with E-state index in [4.69, 9.17) is 9.47 Å². The van der Waals surface area contributed by atoms with Crippen molar-refractivity contribution in [1.82, 2.24) is 0 Å². The van der Waals surface area contributed by atoms with Crippen LogP contribution in [-0.4, -0.2) is 39.1 Å². The van der Waals surface area contributed by atoms with Gasteiger partial charge in [0.15, 0.2) is 6.29 Å². The van der Waals surface area contributed by atoms with E-state index in [0.29, 0.717) is 5.92 Å². The van der Waals surface area contributed by atoms with Crippen LogP contribution in [0.4, 0.5) is 11.4 Å². The molecule has 20 heavy (non-hydrogen) atoms. The highest BCUT2D eigenvalue weighted by Gasteiger charge is 2.31. The number of nitrogens with one attached hydrogen (secondary N) is 1. The number of benzene rings is 1. The summed E-state index contributed by atoms with van der Waals surface area (Å²) in [4.78, 5) is 2.54. The molecule has 3 aliphatic heterocycles. The minimum atomic E-state index is 0.0558. The summed E-state index contributed by atoms with van der Waals surface area (Å²) in [6, 6.07) is 6.63. The highest BCUT2D eigenvalue weighted by molar-refractivity contribution is 5.69. The Morgan fingerprint density at radius 3 is 2.70 bits per heavy atom. The lowest BCUT2D eigenvalue weighted by Crippen LogP contribution is -2.38. The summed E-state index contributed by atoms with van der Waals surface area (Å²) < 4.78 is 11.3. The Hall–Kier alpha value is -1.26. The third-order valence-electron chi connectivity index (χ3n) is 4.75. The van der Waals surface area contributed by atoms with Crippen LogP contribution >= 0.6 is 0 Å². The molecule has 0 radical (unpaired) electrons. The second kappa shape index (κ2) is 5.26. The van der Waals surface area contributed by atoms with E-state index in [9.17, 15) is 0 Å². The van der Waals surface area contributed by atoms with Crippen LogP contribution in [0.3, 0.4) is 0 Å². The zero-order valence-corrected chi connectivity index (χ0v) is 11.8. The van der Waals surface area contributed by atoms with Crippen molar-refractivity contribution in [3.8, 4) is 0 Å². The molecule has 108 valence electrons. The van der Waals surface area contributed by atoms with Gasteiger partial charge in [0.25, 0.3) is 0 Å². The van der Waals surface area contributed by atoms with Gasteiger partial charge in [0.2, 0.25) is 0 Å². The molecule has 0 bridgehead atoms. The Balaban J connectivity index is 1.45. The summed E-state index contributed by atoms with van der Waals surface area (Å²) in [6.07, 6.45) is 3.55. The summed E-state index contributed by atoms with van der Waals surface area (Å²) in [6.45, 7) is 4.84. The Morgan fingerprint density at radius 2 is 1.90 bits per heavy atom. The number of ether oxygens (including phenoxy) is 2. The first-order valence-corrected chi connectivity index (χ1v) is 7.76. The average molecular weight is 274 g/mol. The molecule has 4 rings (SSSR count). The molecule has 4 nitrogen and oxygen atoms in total. The van der Waals surface area contributed by atoms with Gasteiger partial charge in [-0.05, 0) is 31.4 Å². The van der Waals surface area contributed by atoms with Crippen molar-refractivity contribution < 1.29 is 9.47 Å². The summed E-state index contributed by atoms with van der Waals surface area (Å²) in [5.41, 5.74) is 4.26. The van der Waals surface area contributed by atoms with Crippen LogP contribution in [0.15, 0.2) is 18.2 Å². The summed E-state index contributed by atoms with van der Waals surface area (Å²) in [5.74, 6) is 0.573. The van der Waals surface area contributed by atoms with Crippen LogP contribution < -0.4 is 10.2 Å². The van der Waals surface area contributed by atoms with E-state index < -0.39 is 0 Å². The van der Waals surface area contributed by atoms with Crippen LogP contribution in [0.5, 0.6) is 0 Å². The zero-order chi connectivity index (χ0) is 13.4. The lowest BCUT2D eigenvalue weighted by atomic mass is 9.95. The molecule has 4 heteroatoms. The van der Waals surface area contributed by atoms with Gasteiger partial charge in [-0.2, -0.15) is 0 Å². The standard InChI is InChI=1S/C16H22N2O2/c1-2-14-13(4-7-17-14)15(3-1)18-8-5-12(6-9-18)16-19-10-11-20-16/h1-3,12,16-17H,4-11H2. The lowest BCUT2D eigenvalue weighted by Gasteiger charge is -2.36. The maximum absolute atomic E-state index is 5.66. The molecule has 1 aromatic carbocycles. The monoisotopic (exact) mass is 274 g/mol. The largest absolute Gasteiger partial charge is 0.384 e. The van der Waals surface area contributed by atoms with Crippen molar-refractivity contribution in [2.45, 2.75) is 25.6 Å². The van der Waals surface area contributed by atoms with Crippen LogP contribution in [-0.2, 0) is 15.9 Å². The number of nitrogens with zero attached hydrogens (tertiary/aromatic N) is 1. The quantitative estimate of drug-likeness (QED) is 0.897. The van der Waals surface area contributed by atoms with Crippen LogP contribution in [0.25, 0.3) is 0 Å². The van der Waals surface area contributed by atoms with Crippen LogP contribution in [0.2, 0.25) is 0 Å². The fourth-order valence-electron chi connectivity index (χ4n) is 3.68. The molecular formula is C16H22N2O2. The van der Waals surface area contributed by atoms with E-state index in [-0.39, 0.29) is 6.29 Å². The predicted octanol–water partition coefficient (Wildman–Crippen LogP) is 2.24. The fourth-order valence-corrected chi connectivity index (χ4v) is 3.68. The first kappa shape index (κ1) is 12.5. The van der Waals surface area contributed by atoms with E-state index in [1.54, 1.807) is 0 Å². The van der Waals surface area contributed by atoms with Crippen molar-refractivity contribution in [1.29, 1.82) is 0 Å². The Bertz CT molecular complexity index is 477. The molecule has 0 aromatic heterocycles. The maximum atomic E-state index is 5.66. The van der Waals surface area contributed by atoms with E-state index >= 15 is 0 Å². The van der Waals surface area contributed by atoms with E-state index in [1.807, 2.05) is 0 Å². The molecule has 1 N–H and O–H groups in total. The minimum absolute atomic E-state index is 0.0558. The van der Waals surface area contributed by atoms with Gasteiger partial charge in [-0.3, -0.25) is 0 Å². The summed E-state index contributed by atoms with van der Waals surface area (Å²) in [7, 11) is 0. The average Bonchev–Trinajstić information content (AvgIpc) is 3.18. The number of hydrogen-bond acceptors (Lipinski definition) is 4. The number of anilines is 2. The SMILES string of the molecule is c1cc2c(c(N3CCC(C4OCCO4)CC3)c1)CCN2. The molecular weight excluding hydrogens is 252 g/mol. The van der Waals surface area contributed by atoms with Crippen LogP contribution in [0, 0.1) is 5.92 Å². The van der Waals surface area contributed by atoms with Gasteiger partial charge in [-0.15, -0.1) is 0 Å². The smallest absolute Gasteiger partial charge is 0.160 e. The van der Waals surface area contributed by atoms with Gasteiger partial charge >= 0.3 is 0 Å². The molecule has 3 aliphatic rings. The van der Waals surface area contributed by atoms with Gasteiger partial charge < -0.3 is 19.7 Å². The van der Waals surface area contributed by atoms with Gasteiger partial charge in [0.05, 0.1) is 13.2 Å². The molecule has 0 unspecified atom stereocenters. The molecule has 0 aliphatic carbocycles. The highest BCUT2D eigenvalue weighted by Crippen LogP contribution is 2.35. The Morgan fingerprint density at radius 1 is 1.10 bits per heavy atom. The third kappa shape index (κ3) is 2.17. The first-order valence-electron chi connectivity index (χ1n) is 7.76. The lowest BCUT2D eigenvalue weighted by molar-refractivity contribution is -0.0889. The van der Waals surface area contributed by atoms with E-state index in [1.165, 1.54) is 29.8 Å². The second-order valence-electron chi connectivity index (χ2n) is 5.91. The number of fused-ring (bicyclic) bond motifs is 1. The molecule has 0 saturated carbocycles. The van der Waals surface area contributed by atoms with Crippen molar-refractivity contribution in [3.05, 3.63) is 23.8 Å². The summed E-state index contributed by atoms with van der Waals surface area (Å²) in [5, 5.41) is 3.47. The molecule has 0 amide bonds. The molecule has 0 spiro atoms. The van der Waals surface area contributed by atoms with Crippen molar-refractivity contribution >= 4 is 11.4 Å². The highest BCUT2D eigenvalue weighted by atomic mass is 16.7. The molecule has 0 atom stereocenters. The first-order chi connectivity index (χ1) is 9.92. The Kier molecular flexibility index (Phi) is 3.28. The van der Waals surface area contributed by atoms with Gasteiger partial charge in [-0.1, -0.05) is 6.07 Å². The Labute approximate surface area is 120 Å². The number of rotatable bonds is 2. The number of hydrogen-bond donors (Lipinski definition) is 1. The minimum Gasteiger partial charge on any atom is -0.384 e. The predicted molar refractivity (Wildman–Crippen MR) is 79.3 cm³/mol. The van der Waals surface area contributed by atoms with E-state index in [2.05, 4.69) is 28.4 Å². The topological polar surface area (TPSA) is 33.7 Å². The van der Waals surface area contributed by atoms with Gasteiger partial charge in [-0.25, -0.2) is 0 Å². The number of piperidine rings is 1. The molecule has 1 aromatic rings.